The van der Waals surface area contributed by atoms with E-state index in [1.807, 2.05) is 49.8 Å². The van der Waals surface area contributed by atoms with Gasteiger partial charge in [-0.1, -0.05) is 74.3 Å². The minimum absolute atomic E-state index is 0.128. The highest BCUT2D eigenvalue weighted by atomic mass is 32.2. The second kappa shape index (κ2) is 14.5. The summed E-state index contributed by atoms with van der Waals surface area (Å²) < 4.78 is 12.9. The van der Waals surface area contributed by atoms with Crippen molar-refractivity contribution in [3.05, 3.63) is 101 Å². The third-order valence-electron chi connectivity index (χ3n) is 9.30. The monoisotopic (exact) mass is 678 g/mol. The number of aryl methyl sites for hydroxylation is 1. The molecule has 1 aliphatic heterocycles. The minimum Gasteiger partial charge on any atom is -0.492 e. The van der Waals surface area contributed by atoms with Crippen LogP contribution in [0.25, 0.3) is 16.9 Å². The molecule has 3 aromatic carbocycles. The van der Waals surface area contributed by atoms with E-state index in [4.69, 9.17) is 9.84 Å². The molecule has 0 aliphatic carbocycles. The topological polar surface area (TPSA) is 102 Å². The summed E-state index contributed by atoms with van der Waals surface area (Å²) in [6.45, 7) is 13.6. The van der Waals surface area contributed by atoms with Crippen molar-refractivity contribution < 1.29 is 9.53 Å². The number of anilines is 2. The number of aromatic nitrogens is 5. The number of ether oxygens (including phenoxy) is 1. The Kier molecular flexibility index (Phi) is 10.1. The Morgan fingerprint density at radius 1 is 1.02 bits per heavy atom. The molecule has 10 nitrogen and oxygen atoms in total. The minimum atomic E-state index is -0.243. The van der Waals surface area contributed by atoms with Crippen LogP contribution in [-0.4, -0.2) is 62.0 Å². The average Bonchev–Trinajstić information content (AvgIpc) is 3.72. The zero-order valence-corrected chi connectivity index (χ0v) is 30.3. The van der Waals surface area contributed by atoms with Crippen LogP contribution >= 0.6 is 11.9 Å². The Labute approximate surface area is 293 Å². The summed E-state index contributed by atoms with van der Waals surface area (Å²) >= 11 is 1.47. The number of hydrogen-bond donors (Lipinski definition) is 2. The number of benzene rings is 3. The molecule has 1 amide bonds. The Morgan fingerprint density at radius 3 is 2.45 bits per heavy atom. The first-order chi connectivity index (χ1) is 23.5. The van der Waals surface area contributed by atoms with Gasteiger partial charge in [0.25, 0.3) is 5.91 Å². The molecule has 2 aromatic heterocycles. The van der Waals surface area contributed by atoms with Gasteiger partial charge < -0.3 is 14.8 Å². The van der Waals surface area contributed by atoms with Crippen molar-refractivity contribution in [3.63, 3.8) is 0 Å². The third kappa shape index (κ3) is 7.52. The van der Waals surface area contributed by atoms with Crippen molar-refractivity contribution in [1.82, 2.24) is 29.7 Å². The molecule has 0 radical (unpaired) electrons. The van der Waals surface area contributed by atoms with Crippen LogP contribution in [0.15, 0.2) is 73.1 Å². The number of nitrogens with zero attached hydrogens (tertiary/aromatic N) is 6. The maximum atomic E-state index is 13.7. The van der Waals surface area contributed by atoms with E-state index in [9.17, 15) is 4.79 Å². The number of likely N-dealkylation sites (tertiary alicyclic amines) is 1. The fraction of sp³-hybridized carbons (Fsp3) is 0.368. The van der Waals surface area contributed by atoms with Gasteiger partial charge in [-0.3, -0.25) is 14.4 Å². The van der Waals surface area contributed by atoms with Gasteiger partial charge in [0.1, 0.15) is 5.69 Å². The number of rotatable bonds is 10. The number of hydrogen-bond acceptors (Lipinski definition) is 8. The van der Waals surface area contributed by atoms with Crippen LogP contribution in [0.5, 0.6) is 5.75 Å². The zero-order valence-electron chi connectivity index (χ0n) is 29.4. The van der Waals surface area contributed by atoms with Gasteiger partial charge in [0.15, 0.2) is 5.75 Å². The number of carbonyl (C=O) groups is 1. The second-order valence-corrected chi connectivity index (χ2v) is 14.4. The van der Waals surface area contributed by atoms with Gasteiger partial charge in [0.2, 0.25) is 0 Å². The summed E-state index contributed by atoms with van der Waals surface area (Å²) in [5.41, 5.74) is 8.77. The molecule has 1 aliphatic rings. The maximum absolute atomic E-state index is 13.7. The summed E-state index contributed by atoms with van der Waals surface area (Å²) in [4.78, 5) is 16.2. The lowest BCUT2D eigenvalue weighted by molar-refractivity contribution is 0.102. The van der Waals surface area contributed by atoms with Gasteiger partial charge in [-0.2, -0.15) is 5.10 Å². The van der Waals surface area contributed by atoms with Crippen LogP contribution in [0.4, 0.5) is 11.4 Å². The van der Waals surface area contributed by atoms with Crippen molar-refractivity contribution in [2.24, 2.45) is 0 Å². The highest BCUT2D eigenvalue weighted by Crippen LogP contribution is 2.40. The molecule has 49 heavy (non-hydrogen) atoms. The Morgan fingerprint density at radius 2 is 1.76 bits per heavy atom. The van der Waals surface area contributed by atoms with E-state index >= 15 is 0 Å². The maximum Gasteiger partial charge on any atom is 0.255 e. The Balaban J connectivity index is 1.19. The van der Waals surface area contributed by atoms with Gasteiger partial charge in [-0.05, 0) is 73.1 Å². The summed E-state index contributed by atoms with van der Waals surface area (Å²) in [6.07, 6.45) is 7.87. The lowest BCUT2D eigenvalue weighted by Gasteiger charge is -2.32. The molecule has 0 bridgehead atoms. The summed E-state index contributed by atoms with van der Waals surface area (Å²) in [7, 11) is 1.61. The SMILES string of the molecule is COc1c(NSC)cc(C(C)(C)C)cc1NC(=O)c1ccc(C)c(-n2cc(-c3cnn(C4CCN(Cc5ccccc5)CC4)c3C)nn2)c1. The van der Waals surface area contributed by atoms with E-state index in [0.717, 1.165) is 71.9 Å². The highest BCUT2D eigenvalue weighted by molar-refractivity contribution is 7.99. The molecule has 6 rings (SSSR count). The molecule has 0 saturated carbocycles. The van der Waals surface area contributed by atoms with E-state index in [2.05, 4.69) is 94.0 Å². The van der Waals surface area contributed by atoms with Crippen LogP contribution in [0.3, 0.4) is 0 Å². The first-order valence-electron chi connectivity index (χ1n) is 16.7. The van der Waals surface area contributed by atoms with E-state index in [-0.39, 0.29) is 11.3 Å². The number of nitrogens with one attached hydrogen (secondary N) is 2. The molecule has 3 heterocycles. The number of piperidine rings is 1. The first kappa shape index (κ1) is 34.3. The van der Waals surface area contributed by atoms with Crippen LogP contribution in [0, 0.1) is 13.8 Å². The molecule has 1 saturated heterocycles. The fourth-order valence-electron chi connectivity index (χ4n) is 6.46. The standard InChI is InChI=1S/C38H46N8O2S/c1-25-13-14-28(37(47)40-32-20-29(38(3,4)5)21-33(42-49-7)36(32)48-6)19-35(25)45-24-34(41-43-45)31-22-39-46(26(31)2)30-15-17-44(18-16-30)23-27-11-9-8-10-12-27/h8-14,19-22,24,30,42H,15-18,23H2,1-7H3,(H,40,47). The van der Waals surface area contributed by atoms with Crippen molar-refractivity contribution >= 4 is 29.2 Å². The number of amides is 1. The van der Waals surface area contributed by atoms with Crippen molar-refractivity contribution in [3.8, 4) is 22.7 Å². The molecule has 5 aromatic rings. The fourth-order valence-corrected chi connectivity index (χ4v) is 6.84. The normalized spacial score (nSPS) is 14.2. The molecule has 1 fully saturated rings. The van der Waals surface area contributed by atoms with Gasteiger partial charge >= 0.3 is 0 Å². The third-order valence-corrected chi connectivity index (χ3v) is 9.73. The van der Waals surface area contributed by atoms with Crippen molar-refractivity contribution in [2.75, 3.05) is 36.5 Å². The summed E-state index contributed by atoms with van der Waals surface area (Å²) in [5.74, 6) is 0.339. The number of methoxy groups -OCH3 is 1. The Bertz CT molecular complexity index is 1920. The largest absolute Gasteiger partial charge is 0.492 e. The predicted molar refractivity (Wildman–Crippen MR) is 199 cm³/mol. The van der Waals surface area contributed by atoms with E-state index in [0.29, 0.717) is 23.0 Å². The lowest BCUT2D eigenvalue weighted by atomic mass is 9.86. The molecule has 11 heteroatoms. The zero-order chi connectivity index (χ0) is 34.7. The Hall–Kier alpha value is -4.61. The van der Waals surface area contributed by atoms with Gasteiger partial charge in [0.05, 0.1) is 42.6 Å². The van der Waals surface area contributed by atoms with E-state index in [1.54, 1.807) is 11.8 Å². The molecule has 2 N–H and O–H groups in total. The molecular formula is C38H46N8O2S. The number of carbonyl (C=O) groups excluding carboxylic acids is 1. The lowest BCUT2D eigenvalue weighted by Crippen LogP contribution is -2.34. The van der Waals surface area contributed by atoms with Crippen LogP contribution in [-0.2, 0) is 12.0 Å². The average molecular weight is 679 g/mol. The molecule has 0 unspecified atom stereocenters. The smallest absolute Gasteiger partial charge is 0.255 e. The van der Waals surface area contributed by atoms with Crippen LogP contribution in [0.2, 0.25) is 0 Å². The van der Waals surface area contributed by atoms with Crippen LogP contribution < -0.4 is 14.8 Å². The summed E-state index contributed by atoms with van der Waals surface area (Å²) in [6, 6.07) is 20.7. The van der Waals surface area contributed by atoms with E-state index < -0.39 is 0 Å². The van der Waals surface area contributed by atoms with Crippen molar-refractivity contribution in [2.45, 2.75) is 65.5 Å². The van der Waals surface area contributed by atoms with Gasteiger partial charge in [-0.25, -0.2) is 4.68 Å². The van der Waals surface area contributed by atoms with Crippen molar-refractivity contribution in [1.29, 1.82) is 0 Å². The second-order valence-electron chi connectivity index (χ2n) is 13.7. The molecule has 0 atom stereocenters. The van der Waals surface area contributed by atoms with Crippen LogP contribution in [0.1, 0.15) is 72.4 Å². The van der Waals surface area contributed by atoms with E-state index in [1.165, 1.54) is 17.5 Å². The first-order valence-corrected chi connectivity index (χ1v) is 17.9. The molecule has 0 spiro atoms. The highest BCUT2D eigenvalue weighted by Gasteiger charge is 2.25. The molecular weight excluding hydrogens is 633 g/mol. The van der Waals surface area contributed by atoms with Gasteiger partial charge in [-0.15, -0.1) is 5.10 Å². The molecule has 256 valence electrons. The van der Waals surface area contributed by atoms with Gasteiger partial charge in [0, 0.05) is 42.7 Å². The quantitative estimate of drug-likeness (QED) is 0.144. The summed E-state index contributed by atoms with van der Waals surface area (Å²) in [5, 5.41) is 16.9. The predicted octanol–water partition coefficient (Wildman–Crippen LogP) is 7.83.